The molecule has 0 amide bonds. The number of ether oxygens (including phenoxy) is 4. The Hall–Kier alpha value is -0.461. The van der Waals surface area contributed by atoms with Gasteiger partial charge in [-0.25, -0.2) is 0 Å². The van der Waals surface area contributed by atoms with Gasteiger partial charge in [0.05, 0.1) is 0 Å². The average Bonchev–Trinajstić information content (AvgIpc) is 3.25. The van der Waals surface area contributed by atoms with Crippen molar-refractivity contribution in [1.82, 2.24) is 0 Å². The summed E-state index contributed by atoms with van der Waals surface area (Å²) >= 11 is -2.61. The maximum absolute atomic E-state index is 6.29. The van der Waals surface area contributed by atoms with Gasteiger partial charge in [0.2, 0.25) is 0 Å². The van der Waals surface area contributed by atoms with Crippen molar-refractivity contribution in [3.63, 3.8) is 0 Å². The SMILES string of the molecule is CCC[CH2][Sn]([CH2]CCC)([CH2]CCC)[c]1cc2c(cc1COC1CCCCO1)OCO2. The van der Waals surface area contributed by atoms with E-state index in [-0.39, 0.29) is 6.29 Å². The normalized spacial score (nSPS) is 18.7. The van der Waals surface area contributed by atoms with E-state index < -0.39 is 18.4 Å². The third kappa shape index (κ3) is 6.29. The molecule has 170 valence electrons. The van der Waals surface area contributed by atoms with Crippen LogP contribution in [0.4, 0.5) is 0 Å². The van der Waals surface area contributed by atoms with Crippen LogP contribution in [0.5, 0.6) is 11.5 Å². The van der Waals surface area contributed by atoms with Gasteiger partial charge >= 0.3 is 188 Å². The number of rotatable bonds is 13. The van der Waals surface area contributed by atoms with E-state index in [9.17, 15) is 0 Å². The summed E-state index contributed by atoms with van der Waals surface area (Å²) in [7, 11) is 0. The summed E-state index contributed by atoms with van der Waals surface area (Å²) in [6.45, 7) is 8.80. The van der Waals surface area contributed by atoms with Gasteiger partial charge < -0.3 is 0 Å². The predicted molar refractivity (Wildman–Crippen MR) is 125 cm³/mol. The Labute approximate surface area is 187 Å². The Morgan fingerprint density at radius 2 is 1.53 bits per heavy atom. The molecule has 0 aliphatic carbocycles. The third-order valence-corrected chi connectivity index (χ3v) is 22.6. The molecule has 2 aliphatic heterocycles. The van der Waals surface area contributed by atoms with Gasteiger partial charge in [0.1, 0.15) is 0 Å². The van der Waals surface area contributed by atoms with Crippen molar-refractivity contribution < 1.29 is 18.9 Å². The first-order valence-corrected chi connectivity index (χ1v) is 19.9. The van der Waals surface area contributed by atoms with Gasteiger partial charge in [0.15, 0.2) is 0 Å². The quantitative estimate of drug-likeness (QED) is 0.275. The van der Waals surface area contributed by atoms with Crippen LogP contribution < -0.4 is 13.1 Å². The fourth-order valence-electron chi connectivity index (χ4n) is 4.95. The van der Waals surface area contributed by atoms with Crippen molar-refractivity contribution in [2.75, 3.05) is 13.4 Å². The standard InChI is InChI=1S/C13H15O4.3C4H9.Sn/c1-2-6-14-13(3-1)15-8-10-4-5-11-12(7-10)17-9-16-11;3*1-3-4-2;/h5,7,13H,1-3,6,8-9H2;3*1,3-4H2,2H3;. The van der Waals surface area contributed by atoms with Crippen LogP contribution in [0.1, 0.15) is 84.1 Å². The van der Waals surface area contributed by atoms with Gasteiger partial charge in [-0.15, -0.1) is 0 Å². The maximum atomic E-state index is 6.29. The average molecular weight is 525 g/mol. The van der Waals surface area contributed by atoms with E-state index in [0.717, 1.165) is 30.9 Å². The van der Waals surface area contributed by atoms with Crippen molar-refractivity contribution in [1.29, 1.82) is 0 Å². The van der Waals surface area contributed by atoms with Crippen LogP contribution in [-0.4, -0.2) is 38.1 Å². The number of fused-ring (bicyclic) bond motifs is 1. The third-order valence-electron chi connectivity index (χ3n) is 6.76. The zero-order valence-corrected chi connectivity index (χ0v) is 22.3. The summed E-state index contributed by atoms with van der Waals surface area (Å²) in [6.07, 6.45) is 11.2. The minimum absolute atomic E-state index is 0.0523. The molecular formula is C25H42O4Sn. The van der Waals surface area contributed by atoms with Crippen LogP contribution in [0.3, 0.4) is 0 Å². The zero-order valence-electron chi connectivity index (χ0n) is 19.5. The number of benzene rings is 1. The topological polar surface area (TPSA) is 36.9 Å². The molecule has 1 aromatic rings. The number of hydrogen-bond donors (Lipinski definition) is 0. The van der Waals surface area contributed by atoms with Crippen LogP contribution in [-0.2, 0) is 16.1 Å². The summed E-state index contributed by atoms with van der Waals surface area (Å²) in [5.74, 6) is 1.84. The molecule has 2 heterocycles. The molecule has 30 heavy (non-hydrogen) atoms. The Morgan fingerprint density at radius 1 is 0.900 bits per heavy atom. The Kier molecular flexibility index (Phi) is 10.1. The van der Waals surface area contributed by atoms with Crippen molar-refractivity contribution in [3.05, 3.63) is 17.7 Å². The first-order valence-electron chi connectivity index (χ1n) is 12.4. The second-order valence-electron chi connectivity index (χ2n) is 9.06. The van der Waals surface area contributed by atoms with Crippen LogP contribution in [0.2, 0.25) is 13.3 Å². The van der Waals surface area contributed by atoms with E-state index >= 15 is 0 Å². The van der Waals surface area contributed by atoms with Crippen molar-refractivity contribution in [2.24, 2.45) is 0 Å². The van der Waals surface area contributed by atoms with Gasteiger partial charge in [-0.1, -0.05) is 0 Å². The van der Waals surface area contributed by atoms with Crippen molar-refractivity contribution in [3.8, 4) is 11.5 Å². The molecule has 1 unspecified atom stereocenters. The fourth-order valence-corrected chi connectivity index (χ4v) is 21.8. The molecule has 0 spiro atoms. The first kappa shape index (κ1) is 24.2. The predicted octanol–water partition coefficient (Wildman–Crippen LogP) is 6.51. The van der Waals surface area contributed by atoms with E-state index in [0.29, 0.717) is 13.4 Å². The fraction of sp³-hybridized carbons (Fsp3) is 0.760. The Morgan fingerprint density at radius 3 is 2.10 bits per heavy atom. The molecule has 3 rings (SSSR count). The van der Waals surface area contributed by atoms with E-state index in [1.165, 1.54) is 63.8 Å². The van der Waals surface area contributed by atoms with Crippen LogP contribution in [0.15, 0.2) is 12.1 Å². The van der Waals surface area contributed by atoms with Gasteiger partial charge in [0, 0.05) is 0 Å². The molecule has 5 heteroatoms. The summed E-state index contributed by atoms with van der Waals surface area (Å²) in [5.41, 5.74) is 1.35. The molecule has 4 nitrogen and oxygen atoms in total. The van der Waals surface area contributed by atoms with Crippen LogP contribution in [0.25, 0.3) is 0 Å². The molecule has 0 radical (unpaired) electrons. The summed E-state index contributed by atoms with van der Waals surface area (Å²) in [5, 5.41) is 0. The van der Waals surface area contributed by atoms with Crippen LogP contribution in [0, 0.1) is 0 Å². The van der Waals surface area contributed by atoms with Gasteiger partial charge in [-0.3, -0.25) is 0 Å². The monoisotopic (exact) mass is 526 g/mol. The molecule has 2 aliphatic rings. The molecule has 0 aromatic heterocycles. The molecule has 1 aromatic carbocycles. The summed E-state index contributed by atoms with van der Waals surface area (Å²) in [4.78, 5) is 0. The second kappa shape index (κ2) is 12.5. The van der Waals surface area contributed by atoms with Crippen molar-refractivity contribution >= 4 is 22.0 Å². The van der Waals surface area contributed by atoms with E-state index in [4.69, 9.17) is 18.9 Å². The van der Waals surface area contributed by atoms with E-state index in [1.54, 1.807) is 3.58 Å². The molecule has 0 N–H and O–H groups in total. The van der Waals surface area contributed by atoms with Crippen LogP contribution >= 0.6 is 0 Å². The van der Waals surface area contributed by atoms with Gasteiger partial charge in [-0.2, -0.15) is 0 Å². The van der Waals surface area contributed by atoms with Crippen molar-refractivity contribution in [2.45, 2.75) is 105 Å². The molecule has 1 fully saturated rings. The Bertz CT molecular complexity index is 621. The summed E-state index contributed by atoms with van der Waals surface area (Å²) < 4.78 is 29.7. The first-order chi connectivity index (χ1) is 14.7. The van der Waals surface area contributed by atoms with E-state index in [2.05, 4.69) is 32.9 Å². The second-order valence-corrected chi connectivity index (χ2v) is 22.2. The van der Waals surface area contributed by atoms with E-state index in [1.807, 2.05) is 0 Å². The molecule has 0 bridgehead atoms. The number of unbranched alkanes of at least 4 members (excludes halogenated alkanes) is 3. The van der Waals surface area contributed by atoms with Gasteiger partial charge in [0.25, 0.3) is 0 Å². The minimum atomic E-state index is -2.61. The molecule has 1 saturated heterocycles. The summed E-state index contributed by atoms with van der Waals surface area (Å²) in [6, 6.07) is 4.61. The molecule has 0 saturated carbocycles. The molecule has 1 atom stereocenters. The number of hydrogen-bond acceptors (Lipinski definition) is 4. The zero-order chi connectivity index (χ0) is 21.2. The molecular weight excluding hydrogens is 483 g/mol. The van der Waals surface area contributed by atoms with Gasteiger partial charge in [-0.05, 0) is 0 Å². The Balaban J connectivity index is 1.93.